The third-order valence-corrected chi connectivity index (χ3v) is 2.65. The van der Waals surface area contributed by atoms with Crippen LogP contribution in [0.2, 0.25) is 0 Å². The first-order chi connectivity index (χ1) is 6.83. The highest BCUT2D eigenvalue weighted by molar-refractivity contribution is 5.87. The first-order valence-corrected chi connectivity index (χ1v) is 4.84. The molecular weight excluding hydrogens is 178 g/mol. The van der Waals surface area contributed by atoms with Gasteiger partial charge in [0.1, 0.15) is 11.5 Å². The van der Waals surface area contributed by atoms with Crippen LogP contribution < -0.4 is 4.74 Å². The summed E-state index contributed by atoms with van der Waals surface area (Å²) in [5.41, 5.74) is 0.803. The summed E-state index contributed by atoms with van der Waals surface area (Å²) in [5.74, 6) is 0.987. The molecule has 1 saturated carbocycles. The second kappa shape index (κ2) is 3.78. The first-order valence-electron chi connectivity index (χ1n) is 4.84. The minimum absolute atomic E-state index is 0.0360. The minimum atomic E-state index is -0.0360. The lowest BCUT2D eigenvalue weighted by Gasteiger charge is -2.11. The van der Waals surface area contributed by atoms with E-state index in [1.165, 1.54) is 0 Å². The van der Waals surface area contributed by atoms with Gasteiger partial charge in [-0.25, -0.2) is 0 Å². The number of hydrogen-bond acceptors (Lipinski definition) is 3. The predicted molar refractivity (Wildman–Crippen MR) is 52.4 cm³/mol. The largest absolute Gasteiger partial charge is 0.495 e. The van der Waals surface area contributed by atoms with Crippen molar-refractivity contribution in [1.82, 2.24) is 4.98 Å². The van der Waals surface area contributed by atoms with E-state index >= 15 is 0 Å². The van der Waals surface area contributed by atoms with E-state index in [1.807, 2.05) is 12.1 Å². The van der Waals surface area contributed by atoms with Crippen molar-refractivity contribution < 1.29 is 9.53 Å². The fourth-order valence-corrected chi connectivity index (χ4v) is 1.94. The van der Waals surface area contributed by atoms with E-state index < -0.39 is 0 Å². The van der Waals surface area contributed by atoms with Gasteiger partial charge in [0, 0.05) is 12.6 Å². The molecule has 0 radical (unpaired) electrons. The number of carbonyl (C=O) groups excluding carboxylic acids is 1. The van der Waals surface area contributed by atoms with Crippen molar-refractivity contribution in [3.05, 3.63) is 24.0 Å². The van der Waals surface area contributed by atoms with Crippen LogP contribution in [0, 0.1) is 0 Å². The summed E-state index contributed by atoms with van der Waals surface area (Å²) in [6.07, 6.45) is 4.28. The summed E-state index contributed by atoms with van der Waals surface area (Å²) in [6.45, 7) is 0. The number of Topliss-reactive ketones (excluding diaryl/α,β-unsaturated/α-hetero) is 1. The molecule has 1 aliphatic rings. The lowest BCUT2D eigenvalue weighted by molar-refractivity contribution is -0.118. The Morgan fingerprint density at radius 1 is 1.57 bits per heavy atom. The quantitative estimate of drug-likeness (QED) is 0.717. The monoisotopic (exact) mass is 191 g/mol. The normalized spacial score (nSPS) is 21.2. The van der Waals surface area contributed by atoms with Crippen LogP contribution in [0.3, 0.4) is 0 Å². The Labute approximate surface area is 83.1 Å². The highest BCUT2D eigenvalue weighted by Crippen LogP contribution is 2.34. The molecule has 14 heavy (non-hydrogen) atoms. The number of aromatic nitrogens is 1. The molecule has 3 heteroatoms. The van der Waals surface area contributed by atoms with Gasteiger partial charge in [-0.15, -0.1) is 0 Å². The molecule has 2 rings (SSSR count). The van der Waals surface area contributed by atoms with Crippen LogP contribution in [-0.2, 0) is 4.79 Å². The Balaban J connectivity index is 2.35. The Kier molecular flexibility index (Phi) is 2.48. The lowest BCUT2D eigenvalue weighted by Crippen LogP contribution is -2.08. The van der Waals surface area contributed by atoms with E-state index in [4.69, 9.17) is 4.74 Å². The summed E-state index contributed by atoms with van der Waals surface area (Å²) in [4.78, 5) is 15.8. The molecule has 3 nitrogen and oxygen atoms in total. The molecule has 74 valence electrons. The average molecular weight is 191 g/mol. The molecule has 1 fully saturated rings. The van der Waals surface area contributed by atoms with Crippen molar-refractivity contribution in [1.29, 1.82) is 0 Å². The van der Waals surface area contributed by atoms with Gasteiger partial charge in [0.2, 0.25) is 0 Å². The van der Waals surface area contributed by atoms with Crippen molar-refractivity contribution in [2.24, 2.45) is 0 Å². The molecule has 0 aliphatic heterocycles. The standard InChI is InChI=1S/C11H13NO2/c1-14-10-6-3-7-12-11(10)8-4-2-5-9(8)13/h3,6-8H,2,4-5H2,1H3. The maximum Gasteiger partial charge on any atom is 0.142 e. The highest BCUT2D eigenvalue weighted by atomic mass is 16.5. The third-order valence-electron chi connectivity index (χ3n) is 2.65. The van der Waals surface area contributed by atoms with Crippen LogP contribution in [0.25, 0.3) is 0 Å². The Bertz CT molecular complexity index is 349. The average Bonchev–Trinajstić information content (AvgIpc) is 2.64. The molecular formula is C11H13NO2. The van der Waals surface area contributed by atoms with Crippen molar-refractivity contribution in [3.8, 4) is 5.75 Å². The first kappa shape index (κ1) is 9.19. The molecule has 1 aromatic heterocycles. The fourth-order valence-electron chi connectivity index (χ4n) is 1.94. The molecule has 1 atom stereocenters. The number of nitrogens with zero attached hydrogens (tertiary/aromatic N) is 1. The maximum absolute atomic E-state index is 11.5. The second-order valence-corrected chi connectivity index (χ2v) is 3.50. The van der Waals surface area contributed by atoms with Gasteiger partial charge < -0.3 is 4.74 Å². The zero-order valence-corrected chi connectivity index (χ0v) is 8.19. The molecule has 1 unspecified atom stereocenters. The van der Waals surface area contributed by atoms with E-state index in [0.717, 1.165) is 24.3 Å². The fraction of sp³-hybridized carbons (Fsp3) is 0.455. The van der Waals surface area contributed by atoms with Crippen molar-refractivity contribution >= 4 is 5.78 Å². The highest BCUT2D eigenvalue weighted by Gasteiger charge is 2.29. The van der Waals surface area contributed by atoms with E-state index in [-0.39, 0.29) is 5.92 Å². The zero-order chi connectivity index (χ0) is 9.97. The molecule has 0 N–H and O–H groups in total. The number of methoxy groups -OCH3 is 1. The number of ether oxygens (including phenoxy) is 1. The van der Waals surface area contributed by atoms with Gasteiger partial charge in [0.15, 0.2) is 0 Å². The predicted octanol–water partition coefficient (Wildman–Crippen LogP) is 1.93. The molecule has 0 amide bonds. The number of ketones is 1. The van der Waals surface area contributed by atoms with Crippen molar-refractivity contribution in [2.45, 2.75) is 25.2 Å². The Hall–Kier alpha value is -1.38. The third kappa shape index (κ3) is 1.50. The molecule has 1 aliphatic carbocycles. The lowest BCUT2D eigenvalue weighted by atomic mass is 10.0. The Morgan fingerprint density at radius 3 is 3.07 bits per heavy atom. The van der Waals surface area contributed by atoms with Crippen LogP contribution in [0.15, 0.2) is 18.3 Å². The number of carbonyl (C=O) groups is 1. The maximum atomic E-state index is 11.5. The topological polar surface area (TPSA) is 39.2 Å². The summed E-state index contributed by atoms with van der Waals surface area (Å²) >= 11 is 0. The smallest absolute Gasteiger partial charge is 0.142 e. The van der Waals surface area contributed by atoms with Gasteiger partial charge in [-0.3, -0.25) is 9.78 Å². The summed E-state index contributed by atoms with van der Waals surface area (Å²) in [6, 6.07) is 3.68. The number of rotatable bonds is 2. The molecule has 0 spiro atoms. The van der Waals surface area contributed by atoms with E-state index in [0.29, 0.717) is 12.2 Å². The molecule has 0 aromatic carbocycles. The van der Waals surface area contributed by atoms with Crippen LogP contribution >= 0.6 is 0 Å². The second-order valence-electron chi connectivity index (χ2n) is 3.50. The summed E-state index contributed by atoms with van der Waals surface area (Å²) in [5, 5.41) is 0. The van der Waals surface area contributed by atoms with Crippen LogP contribution in [0.1, 0.15) is 30.9 Å². The minimum Gasteiger partial charge on any atom is -0.495 e. The van der Waals surface area contributed by atoms with Crippen molar-refractivity contribution in [3.63, 3.8) is 0 Å². The molecule has 0 bridgehead atoms. The van der Waals surface area contributed by atoms with Gasteiger partial charge in [0.05, 0.1) is 18.7 Å². The molecule has 1 heterocycles. The number of hydrogen-bond donors (Lipinski definition) is 0. The Morgan fingerprint density at radius 2 is 2.43 bits per heavy atom. The van der Waals surface area contributed by atoms with Gasteiger partial charge in [-0.05, 0) is 25.0 Å². The van der Waals surface area contributed by atoms with E-state index in [2.05, 4.69) is 4.98 Å². The van der Waals surface area contributed by atoms with Crippen molar-refractivity contribution in [2.75, 3.05) is 7.11 Å². The van der Waals surface area contributed by atoms with Crippen LogP contribution in [0.5, 0.6) is 5.75 Å². The van der Waals surface area contributed by atoms with Crippen LogP contribution in [-0.4, -0.2) is 17.9 Å². The zero-order valence-electron chi connectivity index (χ0n) is 8.19. The van der Waals surface area contributed by atoms with E-state index in [1.54, 1.807) is 13.3 Å². The number of pyridine rings is 1. The van der Waals surface area contributed by atoms with Gasteiger partial charge >= 0.3 is 0 Å². The van der Waals surface area contributed by atoms with E-state index in [9.17, 15) is 4.79 Å². The summed E-state index contributed by atoms with van der Waals surface area (Å²) < 4.78 is 5.19. The van der Waals surface area contributed by atoms with Gasteiger partial charge in [0.25, 0.3) is 0 Å². The SMILES string of the molecule is COc1cccnc1C1CCCC1=O. The van der Waals surface area contributed by atoms with Crippen LogP contribution in [0.4, 0.5) is 0 Å². The van der Waals surface area contributed by atoms with Gasteiger partial charge in [-0.2, -0.15) is 0 Å². The summed E-state index contributed by atoms with van der Waals surface area (Å²) in [7, 11) is 1.61. The molecule has 0 saturated heterocycles. The molecule has 1 aromatic rings. The van der Waals surface area contributed by atoms with Gasteiger partial charge in [-0.1, -0.05) is 0 Å².